The van der Waals surface area contributed by atoms with E-state index >= 15 is 0 Å². The standard InChI is InChI=1S/C12H19N3O3S/c1-7(2)4-10(11(16)17)15-12(18)14-6-9-5-13-8(3)19-9/h5,7,10H,4,6H2,1-3H3,(H,16,17)(H2,14,15,18)/t10-/m1/s1. The number of aromatic nitrogens is 1. The molecule has 1 heterocycles. The van der Waals surface area contributed by atoms with Gasteiger partial charge in [-0.1, -0.05) is 13.8 Å². The SMILES string of the molecule is Cc1ncc(CNC(=O)N[C@H](CC(C)C)C(=O)O)s1. The summed E-state index contributed by atoms with van der Waals surface area (Å²) in [4.78, 5) is 27.6. The van der Waals surface area contributed by atoms with Gasteiger partial charge in [-0.05, 0) is 19.3 Å². The number of nitrogens with one attached hydrogen (secondary N) is 2. The number of carboxylic acids is 1. The number of carbonyl (C=O) groups is 2. The Morgan fingerprint density at radius 3 is 2.63 bits per heavy atom. The second-order valence-corrected chi connectivity index (χ2v) is 6.01. The Hall–Kier alpha value is -1.63. The van der Waals surface area contributed by atoms with E-state index in [1.54, 1.807) is 6.20 Å². The molecule has 19 heavy (non-hydrogen) atoms. The van der Waals surface area contributed by atoms with Crippen molar-refractivity contribution in [2.45, 2.75) is 39.8 Å². The minimum absolute atomic E-state index is 0.200. The molecule has 0 aliphatic rings. The van der Waals surface area contributed by atoms with Crippen LogP contribution in [0.4, 0.5) is 4.79 Å². The molecule has 0 saturated carbocycles. The fourth-order valence-electron chi connectivity index (χ4n) is 1.56. The largest absolute Gasteiger partial charge is 0.480 e. The zero-order chi connectivity index (χ0) is 14.4. The summed E-state index contributed by atoms with van der Waals surface area (Å²) in [5, 5.41) is 15.0. The van der Waals surface area contributed by atoms with E-state index in [1.807, 2.05) is 20.8 Å². The van der Waals surface area contributed by atoms with Crippen LogP contribution in [-0.2, 0) is 11.3 Å². The molecule has 1 atom stereocenters. The van der Waals surface area contributed by atoms with Gasteiger partial charge in [0.25, 0.3) is 0 Å². The topological polar surface area (TPSA) is 91.3 Å². The summed E-state index contributed by atoms with van der Waals surface area (Å²) in [5.74, 6) is -0.817. The molecule has 1 aromatic rings. The first-order valence-corrected chi connectivity index (χ1v) is 6.88. The zero-order valence-corrected chi connectivity index (χ0v) is 12.1. The fraction of sp³-hybridized carbons (Fsp3) is 0.583. The highest BCUT2D eigenvalue weighted by Crippen LogP contribution is 2.10. The third-order valence-corrected chi connectivity index (χ3v) is 3.32. The van der Waals surface area contributed by atoms with Crippen molar-refractivity contribution < 1.29 is 14.7 Å². The highest BCUT2D eigenvalue weighted by Gasteiger charge is 2.20. The normalized spacial score (nSPS) is 12.2. The Morgan fingerprint density at radius 2 is 2.16 bits per heavy atom. The Labute approximate surface area is 116 Å². The maximum absolute atomic E-state index is 11.6. The van der Waals surface area contributed by atoms with Gasteiger partial charge >= 0.3 is 12.0 Å². The Kier molecular flexibility index (Phi) is 5.75. The van der Waals surface area contributed by atoms with E-state index in [1.165, 1.54) is 11.3 Å². The highest BCUT2D eigenvalue weighted by atomic mass is 32.1. The van der Waals surface area contributed by atoms with Crippen LogP contribution in [0.15, 0.2) is 6.20 Å². The van der Waals surface area contributed by atoms with E-state index in [0.29, 0.717) is 13.0 Å². The zero-order valence-electron chi connectivity index (χ0n) is 11.3. The van der Waals surface area contributed by atoms with Crippen molar-refractivity contribution in [3.8, 4) is 0 Å². The van der Waals surface area contributed by atoms with Crippen molar-refractivity contribution in [1.82, 2.24) is 15.6 Å². The molecule has 0 aromatic carbocycles. The molecule has 0 spiro atoms. The van der Waals surface area contributed by atoms with Crippen LogP contribution in [-0.4, -0.2) is 28.1 Å². The molecule has 3 N–H and O–H groups in total. The number of amides is 2. The molecule has 7 heteroatoms. The lowest BCUT2D eigenvalue weighted by Crippen LogP contribution is -2.46. The monoisotopic (exact) mass is 285 g/mol. The third-order valence-electron chi connectivity index (χ3n) is 2.40. The molecule has 0 radical (unpaired) electrons. The molecule has 0 fully saturated rings. The van der Waals surface area contributed by atoms with Gasteiger partial charge in [-0.3, -0.25) is 0 Å². The second kappa shape index (κ2) is 7.08. The summed E-state index contributed by atoms with van der Waals surface area (Å²) >= 11 is 1.50. The summed E-state index contributed by atoms with van der Waals surface area (Å²) < 4.78 is 0. The molecule has 1 aromatic heterocycles. The van der Waals surface area contributed by atoms with Gasteiger partial charge < -0.3 is 15.7 Å². The molecule has 0 aliphatic carbocycles. The van der Waals surface area contributed by atoms with Crippen LogP contribution in [0.3, 0.4) is 0 Å². The Balaban J connectivity index is 2.42. The lowest BCUT2D eigenvalue weighted by molar-refractivity contribution is -0.139. The smallest absolute Gasteiger partial charge is 0.326 e. The van der Waals surface area contributed by atoms with Crippen LogP contribution in [0.25, 0.3) is 0 Å². The Bertz CT molecular complexity index is 445. The lowest BCUT2D eigenvalue weighted by atomic mass is 10.0. The van der Waals surface area contributed by atoms with Crippen molar-refractivity contribution >= 4 is 23.3 Å². The molecule has 106 valence electrons. The second-order valence-electron chi connectivity index (χ2n) is 4.69. The molecule has 1 rings (SSSR count). The van der Waals surface area contributed by atoms with Crippen molar-refractivity contribution in [3.63, 3.8) is 0 Å². The van der Waals surface area contributed by atoms with Crippen molar-refractivity contribution in [2.24, 2.45) is 5.92 Å². The van der Waals surface area contributed by atoms with Crippen molar-refractivity contribution in [2.75, 3.05) is 0 Å². The average Bonchev–Trinajstić information content (AvgIpc) is 2.71. The maximum atomic E-state index is 11.6. The number of thiazole rings is 1. The number of carbonyl (C=O) groups excluding carboxylic acids is 1. The molecule has 0 saturated heterocycles. The van der Waals surface area contributed by atoms with E-state index in [-0.39, 0.29) is 5.92 Å². The Morgan fingerprint density at radius 1 is 1.47 bits per heavy atom. The van der Waals surface area contributed by atoms with Gasteiger partial charge in [0.2, 0.25) is 0 Å². The molecule has 6 nitrogen and oxygen atoms in total. The molecular formula is C12H19N3O3S. The first-order chi connectivity index (χ1) is 8.88. The number of urea groups is 1. The first-order valence-electron chi connectivity index (χ1n) is 6.07. The average molecular weight is 285 g/mol. The van der Waals surface area contributed by atoms with Gasteiger partial charge in [-0.2, -0.15) is 0 Å². The van der Waals surface area contributed by atoms with E-state index < -0.39 is 18.0 Å². The summed E-state index contributed by atoms with van der Waals surface area (Å²) in [6, 6.07) is -1.33. The number of rotatable bonds is 6. The van der Waals surface area contributed by atoms with Gasteiger partial charge in [0.15, 0.2) is 0 Å². The van der Waals surface area contributed by atoms with E-state index in [9.17, 15) is 9.59 Å². The van der Waals surface area contributed by atoms with Crippen LogP contribution >= 0.6 is 11.3 Å². The number of nitrogens with zero attached hydrogens (tertiary/aromatic N) is 1. The summed E-state index contributed by atoms with van der Waals surface area (Å²) in [5.41, 5.74) is 0. The molecule has 0 unspecified atom stereocenters. The van der Waals surface area contributed by atoms with Crippen LogP contribution in [0, 0.1) is 12.8 Å². The number of hydrogen-bond donors (Lipinski definition) is 3. The van der Waals surface area contributed by atoms with Gasteiger partial charge in [-0.15, -0.1) is 11.3 Å². The van der Waals surface area contributed by atoms with Crippen LogP contribution in [0.2, 0.25) is 0 Å². The molecule has 0 bridgehead atoms. The third kappa shape index (κ3) is 5.69. The lowest BCUT2D eigenvalue weighted by Gasteiger charge is -2.16. The minimum Gasteiger partial charge on any atom is -0.480 e. The van der Waals surface area contributed by atoms with Crippen LogP contribution in [0.1, 0.15) is 30.2 Å². The first kappa shape index (κ1) is 15.4. The summed E-state index contributed by atoms with van der Waals surface area (Å²) in [7, 11) is 0. The van der Waals surface area contributed by atoms with Gasteiger partial charge in [0.05, 0.1) is 11.6 Å². The predicted molar refractivity (Wildman–Crippen MR) is 73.1 cm³/mol. The van der Waals surface area contributed by atoms with Crippen LogP contribution < -0.4 is 10.6 Å². The van der Waals surface area contributed by atoms with E-state index in [2.05, 4.69) is 15.6 Å². The highest BCUT2D eigenvalue weighted by molar-refractivity contribution is 7.11. The van der Waals surface area contributed by atoms with Crippen LogP contribution in [0.5, 0.6) is 0 Å². The van der Waals surface area contributed by atoms with Gasteiger partial charge in [0.1, 0.15) is 6.04 Å². The number of aliphatic carboxylic acids is 1. The molecular weight excluding hydrogens is 266 g/mol. The summed E-state index contributed by atoms with van der Waals surface area (Å²) in [6.45, 7) is 6.06. The molecule has 2 amide bonds. The fourth-order valence-corrected chi connectivity index (χ4v) is 2.29. The van der Waals surface area contributed by atoms with Gasteiger partial charge in [-0.25, -0.2) is 14.6 Å². The van der Waals surface area contributed by atoms with Crippen molar-refractivity contribution in [3.05, 3.63) is 16.1 Å². The number of hydrogen-bond acceptors (Lipinski definition) is 4. The van der Waals surface area contributed by atoms with Crippen molar-refractivity contribution in [1.29, 1.82) is 0 Å². The quantitative estimate of drug-likeness (QED) is 0.742. The van der Waals surface area contributed by atoms with E-state index in [4.69, 9.17) is 5.11 Å². The molecule has 0 aliphatic heterocycles. The number of carboxylic acid groups (broad SMARTS) is 1. The van der Waals surface area contributed by atoms with E-state index in [0.717, 1.165) is 9.88 Å². The minimum atomic E-state index is -1.02. The maximum Gasteiger partial charge on any atom is 0.326 e. The van der Waals surface area contributed by atoms with Gasteiger partial charge in [0, 0.05) is 11.1 Å². The summed E-state index contributed by atoms with van der Waals surface area (Å²) in [6.07, 6.45) is 2.10. The predicted octanol–water partition coefficient (Wildman–Crippen LogP) is 1.75. The number of aryl methyl sites for hydroxylation is 1.